The molecule has 0 aliphatic carbocycles. The number of hydrogen-bond donors (Lipinski definition) is 4. The molecule has 0 radical (unpaired) electrons. The number of nitrogens with zero attached hydrogens (tertiary/aromatic N) is 4. The van der Waals surface area contributed by atoms with Gasteiger partial charge < -0.3 is 20.4 Å². The van der Waals surface area contributed by atoms with E-state index in [1.165, 1.54) is 32.1 Å². The van der Waals surface area contributed by atoms with Crippen LogP contribution < -0.4 is 0 Å². The van der Waals surface area contributed by atoms with Crippen molar-refractivity contribution in [1.82, 2.24) is 19.6 Å². The summed E-state index contributed by atoms with van der Waals surface area (Å²) in [7, 11) is 0. The van der Waals surface area contributed by atoms with Crippen LogP contribution in [0.25, 0.3) is 0 Å². The number of carboxylic acids is 4. The summed E-state index contributed by atoms with van der Waals surface area (Å²) in [5.74, 6) is -3.04. The van der Waals surface area contributed by atoms with Gasteiger partial charge in [-0.2, -0.15) is 0 Å². The Balaban J connectivity index is 2.26. The number of thioether (sulfide) groups is 1. The van der Waals surface area contributed by atoms with Crippen LogP contribution in [0.1, 0.15) is 44.6 Å². The zero-order valence-corrected chi connectivity index (χ0v) is 26.1. The molecule has 12 nitrogen and oxygen atoms in total. The predicted molar refractivity (Wildman–Crippen MR) is 165 cm³/mol. The first-order valence-electron chi connectivity index (χ1n) is 15.1. The van der Waals surface area contributed by atoms with E-state index < -0.39 is 23.9 Å². The van der Waals surface area contributed by atoms with Crippen molar-refractivity contribution in [2.75, 3.05) is 77.7 Å². The topological polar surface area (TPSA) is 162 Å². The molecule has 0 saturated carbocycles. The monoisotopic (exact) mass is 624 g/mol. The van der Waals surface area contributed by atoms with Crippen molar-refractivity contribution in [3.63, 3.8) is 0 Å². The molecule has 0 spiro atoms. The van der Waals surface area contributed by atoms with Crippen LogP contribution in [0.4, 0.5) is 0 Å². The van der Waals surface area contributed by atoms with Crippen molar-refractivity contribution in [2.45, 2.75) is 56.4 Å². The summed E-state index contributed by atoms with van der Waals surface area (Å²) in [5.41, 5.74) is 0.991. The lowest BCUT2D eigenvalue weighted by Gasteiger charge is -2.37. The van der Waals surface area contributed by atoms with Gasteiger partial charge in [0, 0.05) is 56.8 Å². The standard InChI is InChI=1S/C30H48N4O8S/c1-2-3-4-5-6-17-43-26-9-7-24(8-10-26)18-25-19-33(22-29(39)40)14-13-31(20-27(35)36)11-12-32(21-28(37)38)15-16-34(25)23-30(41)42/h7-10,25H,2-6,11-23H2,1H3,(H,35,36)(H,37,38)(H,39,40)(H,41,42). The summed E-state index contributed by atoms with van der Waals surface area (Å²) in [6.07, 6.45) is 6.61. The number of unbranched alkanes of at least 4 members (excludes halogenated alkanes) is 4. The first-order chi connectivity index (χ1) is 20.5. The molecule has 1 aromatic rings. The average molecular weight is 625 g/mol. The van der Waals surface area contributed by atoms with E-state index in [1.807, 2.05) is 23.9 Å². The molecule has 0 aromatic heterocycles. The molecule has 1 aliphatic rings. The van der Waals surface area contributed by atoms with Crippen LogP contribution in [0.5, 0.6) is 0 Å². The van der Waals surface area contributed by atoms with Gasteiger partial charge in [0.25, 0.3) is 0 Å². The normalized spacial score (nSPS) is 18.5. The van der Waals surface area contributed by atoms with Crippen LogP contribution in [0.3, 0.4) is 0 Å². The van der Waals surface area contributed by atoms with Crippen LogP contribution >= 0.6 is 11.8 Å². The van der Waals surface area contributed by atoms with Crippen molar-refractivity contribution in [3.05, 3.63) is 29.8 Å². The van der Waals surface area contributed by atoms with E-state index in [9.17, 15) is 39.6 Å². The van der Waals surface area contributed by atoms with Crippen molar-refractivity contribution in [2.24, 2.45) is 0 Å². The maximum atomic E-state index is 11.9. The fourth-order valence-electron chi connectivity index (χ4n) is 5.25. The fourth-order valence-corrected chi connectivity index (χ4v) is 6.16. The number of carbonyl (C=O) groups is 4. The van der Waals surface area contributed by atoms with Gasteiger partial charge in [-0.25, -0.2) is 0 Å². The molecule has 1 aliphatic heterocycles. The number of benzene rings is 1. The molecule has 1 atom stereocenters. The number of carboxylic acid groups (broad SMARTS) is 4. The van der Waals surface area contributed by atoms with Gasteiger partial charge in [0.2, 0.25) is 0 Å². The zero-order chi connectivity index (χ0) is 31.6. The second-order valence-corrected chi connectivity index (χ2v) is 12.3. The number of rotatable bonds is 17. The minimum atomic E-state index is -1.02. The average Bonchev–Trinajstić information content (AvgIpc) is 2.92. The lowest BCUT2D eigenvalue weighted by molar-refractivity contribution is -0.142. The lowest BCUT2D eigenvalue weighted by Crippen LogP contribution is -2.53. The van der Waals surface area contributed by atoms with Crippen LogP contribution in [0, 0.1) is 0 Å². The summed E-state index contributed by atoms with van der Waals surface area (Å²) >= 11 is 1.81. The Kier molecular flexibility index (Phi) is 17.2. The fraction of sp³-hybridized carbons (Fsp3) is 0.667. The summed E-state index contributed by atoms with van der Waals surface area (Å²) in [4.78, 5) is 54.7. The van der Waals surface area contributed by atoms with Crippen LogP contribution in [0.15, 0.2) is 29.2 Å². The third-order valence-electron chi connectivity index (χ3n) is 7.48. The molecule has 1 unspecified atom stereocenters. The molecule has 0 bridgehead atoms. The number of aliphatic carboxylic acids is 4. The molecule has 2 rings (SSSR count). The first-order valence-corrected chi connectivity index (χ1v) is 16.0. The molecular weight excluding hydrogens is 576 g/mol. The number of hydrogen-bond acceptors (Lipinski definition) is 9. The van der Waals surface area contributed by atoms with E-state index in [-0.39, 0.29) is 78.0 Å². The highest BCUT2D eigenvalue weighted by atomic mass is 32.2. The van der Waals surface area contributed by atoms with Gasteiger partial charge in [-0.1, -0.05) is 44.7 Å². The third kappa shape index (κ3) is 16.1. The van der Waals surface area contributed by atoms with Crippen molar-refractivity contribution >= 4 is 35.6 Å². The Hall–Kier alpha value is -2.71. The Morgan fingerprint density at radius 3 is 1.70 bits per heavy atom. The molecular formula is C30H48N4O8S. The van der Waals surface area contributed by atoms with Gasteiger partial charge in [-0.3, -0.25) is 38.8 Å². The van der Waals surface area contributed by atoms with Crippen molar-refractivity contribution in [1.29, 1.82) is 0 Å². The molecule has 13 heteroatoms. The smallest absolute Gasteiger partial charge is 0.317 e. The first kappa shape index (κ1) is 36.5. The van der Waals surface area contributed by atoms with Crippen molar-refractivity contribution < 1.29 is 39.6 Å². The van der Waals surface area contributed by atoms with E-state index in [2.05, 4.69) is 19.1 Å². The quantitative estimate of drug-likeness (QED) is 0.148. The molecule has 1 heterocycles. The Labute approximate surface area is 258 Å². The summed E-state index contributed by atoms with van der Waals surface area (Å²) in [6.45, 7) is 3.05. The van der Waals surface area contributed by atoms with Gasteiger partial charge in [-0.05, 0) is 36.3 Å². The van der Waals surface area contributed by atoms with Gasteiger partial charge in [-0.15, -0.1) is 11.8 Å². The van der Waals surface area contributed by atoms with Gasteiger partial charge >= 0.3 is 23.9 Å². The molecule has 1 aromatic carbocycles. The Bertz CT molecular complexity index is 1010. The SMILES string of the molecule is CCCCCCCSc1ccc(CC2CN(CC(=O)O)CCN(CC(=O)O)CCN(CC(=O)O)CCN2CC(=O)O)cc1. The Morgan fingerprint density at radius 2 is 1.16 bits per heavy atom. The minimum absolute atomic E-state index is 0.251. The highest BCUT2D eigenvalue weighted by molar-refractivity contribution is 7.99. The summed E-state index contributed by atoms with van der Waals surface area (Å²) in [5, 5.41) is 38.2. The van der Waals surface area contributed by atoms with Gasteiger partial charge in [0.1, 0.15) is 0 Å². The van der Waals surface area contributed by atoms with Crippen molar-refractivity contribution in [3.8, 4) is 0 Å². The second kappa shape index (κ2) is 20.3. The van der Waals surface area contributed by atoms with Crippen LogP contribution in [0.2, 0.25) is 0 Å². The minimum Gasteiger partial charge on any atom is -0.480 e. The maximum Gasteiger partial charge on any atom is 0.317 e. The highest BCUT2D eigenvalue weighted by Gasteiger charge is 2.27. The van der Waals surface area contributed by atoms with E-state index in [0.29, 0.717) is 6.42 Å². The lowest BCUT2D eigenvalue weighted by atomic mass is 10.0. The molecule has 242 valence electrons. The molecule has 1 fully saturated rings. The molecule has 0 amide bonds. The third-order valence-corrected chi connectivity index (χ3v) is 8.58. The van der Waals surface area contributed by atoms with Gasteiger partial charge in [0.15, 0.2) is 0 Å². The highest BCUT2D eigenvalue weighted by Crippen LogP contribution is 2.22. The van der Waals surface area contributed by atoms with Crippen LogP contribution in [-0.2, 0) is 25.6 Å². The second-order valence-electron chi connectivity index (χ2n) is 11.1. The van der Waals surface area contributed by atoms with E-state index in [1.54, 1.807) is 19.6 Å². The van der Waals surface area contributed by atoms with E-state index in [4.69, 9.17) is 0 Å². The Morgan fingerprint density at radius 1 is 0.674 bits per heavy atom. The summed E-state index contributed by atoms with van der Waals surface area (Å²) in [6, 6.07) is 7.82. The summed E-state index contributed by atoms with van der Waals surface area (Å²) < 4.78 is 0. The zero-order valence-electron chi connectivity index (χ0n) is 25.2. The van der Waals surface area contributed by atoms with Gasteiger partial charge in [0.05, 0.1) is 26.2 Å². The largest absolute Gasteiger partial charge is 0.480 e. The maximum absolute atomic E-state index is 11.9. The molecule has 4 N–H and O–H groups in total. The van der Waals surface area contributed by atoms with Crippen LogP contribution in [-0.4, -0.2) is 148 Å². The molecule has 1 saturated heterocycles. The predicted octanol–water partition coefficient (Wildman–Crippen LogP) is 2.22. The van der Waals surface area contributed by atoms with E-state index in [0.717, 1.165) is 16.2 Å². The molecule has 43 heavy (non-hydrogen) atoms. The van der Waals surface area contributed by atoms with E-state index >= 15 is 0 Å².